The Morgan fingerprint density at radius 1 is 1.06 bits per heavy atom. The summed E-state index contributed by atoms with van der Waals surface area (Å²) in [7, 11) is -2.03. The molecule has 32 heavy (non-hydrogen) atoms. The van der Waals surface area contributed by atoms with E-state index in [2.05, 4.69) is 50.9 Å². The summed E-state index contributed by atoms with van der Waals surface area (Å²) in [5.41, 5.74) is 0.581. The molecule has 2 heterocycles. The molecule has 3 atom stereocenters. The van der Waals surface area contributed by atoms with Crippen LogP contribution in [0.15, 0.2) is 30.3 Å². The molecule has 0 radical (unpaired) electrons. The topological polar surface area (TPSA) is 59.1 Å². The van der Waals surface area contributed by atoms with Gasteiger partial charge in [0.2, 0.25) is 5.91 Å². The first-order valence-electron chi connectivity index (χ1n) is 11.7. The van der Waals surface area contributed by atoms with Gasteiger partial charge in [-0.1, -0.05) is 51.1 Å². The molecular formula is C25H40N2O4Si. The molecule has 0 N–H and O–H groups in total. The summed E-state index contributed by atoms with van der Waals surface area (Å²) >= 11 is 0. The van der Waals surface area contributed by atoms with E-state index in [0.29, 0.717) is 13.2 Å². The molecule has 2 amide bonds. The molecule has 0 bridgehead atoms. The van der Waals surface area contributed by atoms with Crippen LogP contribution in [-0.4, -0.2) is 61.5 Å². The second kappa shape index (κ2) is 8.91. The molecule has 6 nitrogen and oxygen atoms in total. The molecule has 3 unspecified atom stereocenters. The van der Waals surface area contributed by atoms with Crippen LogP contribution in [0.3, 0.4) is 0 Å². The Kier molecular flexibility index (Phi) is 6.95. The third-order valence-corrected chi connectivity index (χ3v) is 11.6. The van der Waals surface area contributed by atoms with E-state index < -0.39 is 20.0 Å². The van der Waals surface area contributed by atoms with Gasteiger partial charge in [0.1, 0.15) is 5.60 Å². The standard InChI is InChI=1S/C25H40N2O4Si/c1-24(2,3)31-23(29)27-21(17-30-32(7,8)25(4,5)6)19-15-26(16-20(19)22(27)28)14-18-12-10-9-11-13-18/h9-13,19-21H,14-17H2,1-8H3. The maximum absolute atomic E-state index is 13.4. The minimum absolute atomic E-state index is 0.0563. The normalized spacial score (nSPS) is 24.7. The molecule has 0 aliphatic carbocycles. The Labute approximate surface area is 194 Å². The summed E-state index contributed by atoms with van der Waals surface area (Å²) in [5, 5.41) is 0.0563. The maximum Gasteiger partial charge on any atom is 0.417 e. The molecule has 0 spiro atoms. The second-order valence-corrected chi connectivity index (χ2v) is 16.6. The van der Waals surface area contributed by atoms with Crippen LogP contribution >= 0.6 is 0 Å². The number of likely N-dealkylation sites (tertiary alicyclic amines) is 2. The average Bonchev–Trinajstić information content (AvgIpc) is 3.16. The first-order valence-corrected chi connectivity index (χ1v) is 14.6. The van der Waals surface area contributed by atoms with Crippen LogP contribution in [0.1, 0.15) is 47.1 Å². The van der Waals surface area contributed by atoms with Gasteiger partial charge in [0.25, 0.3) is 0 Å². The number of imide groups is 1. The Morgan fingerprint density at radius 2 is 1.69 bits per heavy atom. The summed E-state index contributed by atoms with van der Waals surface area (Å²) in [4.78, 5) is 30.1. The van der Waals surface area contributed by atoms with E-state index in [9.17, 15) is 9.59 Å². The van der Waals surface area contributed by atoms with Crippen LogP contribution in [0.5, 0.6) is 0 Å². The number of rotatable bonds is 5. The molecule has 1 aromatic rings. The highest BCUT2D eigenvalue weighted by Crippen LogP contribution is 2.41. The molecular weight excluding hydrogens is 420 g/mol. The quantitative estimate of drug-likeness (QED) is 0.585. The van der Waals surface area contributed by atoms with Crippen molar-refractivity contribution in [2.45, 2.75) is 77.9 Å². The van der Waals surface area contributed by atoms with Gasteiger partial charge in [-0.15, -0.1) is 0 Å². The molecule has 7 heteroatoms. The number of nitrogens with zero attached hydrogens (tertiary/aromatic N) is 2. The highest BCUT2D eigenvalue weighted by atomic mass is 28.4. The summed E-state index contributed by atoms with van der Waals surface area (Å²) < 4.78 is 12.1. The molecule has 2 aliphatic rings. The lowest BCUT2D eigenvalue weighted by Gasteiger charge is -2.38. The molecule has 2 fully saturated rings. The SMILES string of the molecule is CC(C)(C)OC(=O)N1C(=O)C2CN(Cc3ccccc3)CC2C1CO[Si](C)(C)C(C)(C)C. The zero-order chi connectivity index (χ0) is 23.9. The average molecular weight is 461 g/mol. The molecule has 2 saturated heterocycles. The summed E-state index contributed by atoms with van der Waals surface area (Å²) in [6, 6.07) is 10.0. The van der Waals surface area contributed by atoms with Gasteiger partial charge in [-0.25, -0.2) is 9.69 Å². The van der Waals surface area contributed by atoms with E-state index in [-0.39, 0.29) is 28.8 Å². The first-order chi connectivity index (χ1) is 14.7. The van der Waals surface area contributed by atoms with Crippen molar-refractivity contribution in [2.24, 2.45) is 11.8 Å². The van der Waals surface area contributed by atoms with Gasteiger partial charge in [-0.2, -0.15) is 0 Å². The monoisotopic (exact) mass is 460 g/mol. The lowest BCUT2D eigenvalue weighted by Crippen LogP contribution is -2.50. The van der Waals surface area contributed by atoms with E-state index in [1.807, 2.05) is 39.0 Å². The van der Waals surface area contributed by atoms with Crippen LogP contribution in [0.25, 0.3) is 0 Å². The predicted octanol–water partition coefficient (Wildman–Crippen LogP) is 4.90. The number of hydrogen-bond donors (Lipinski definition) is 0. The Hall–Kier alpha value is -1.70. The fourth-order valence-electron chi connectivity index (χ4n) is 4.31. The fourth-order valence-corrected chi connectivity index (χ4v) is 5.33. The largest absolute Gasteiger partial charge is 0.443 e. The van der Waals surface area contributed by atoms with Crippen LogP contribution in [0.4, 0.5) is 4.79 Å². The smallest absolute Gasteiger partial charge is 0.417 e. The van der Waals surface area contributed by atoms with Crippen molar-refractivity contribution >= 4 is 20.3 Å². The number of fused-ring (bicyclic) bond motifs is 1. The molecule has 0 saturated carbocycles. The Bertz CT molecular complexity index is 829. The Morgan fingerprint density at radius 3 is 2.25 bits per heavy atom. The summed E-state index contributed by atoms with van der Waals surface area (Å²) in [6.07, 6.45) is -0.546. The van der Waals surface area contributed by atoms with Crippen molar-refractivity contribution < 1.29 is 18.8 Å². The first kappa shape index (κ1) is 24.9. The predicted molar refractivity (Wildman–Crippen MR) is 129 cm³/mol. The van der Waals surface area contributed by atoms with Crippen LogP contribution in [0, 0.1) is 11.8 Å². The van der Waals surface area contributed by atoms with Gasteiger partial charge < -0.3 is 9.16 Å². The summed E-state index contributed by atoms with van der Waals surface area (Å²) in [5.74, 6) is -0.258. The third-order valence-electron chi connectivity index (χ3n) is 7.08. The van der Waals surface area contributed by atoms with Gasteiger partial charge in [-0.3, -0.25) is 9.69 Å². The molecule has 2 aliphatic heterocycles. The third kappa shape index (κ3) is 5.43. The highest BCUT2D eigenvalue weighted by Gasteiger charge is 2.56. The molecule has 3 rings (SSSR count). The van der Waals surface area contributed by atoms with Crippen molar-refractivity contribution in [3.63, 3.8) is 0 Å². The van der Waals surface area contributed by atoms with E-state index in [1.54, 1.807) is 0 Å². The lowest BCUT2D eigenvalue weighted by atomic mass is 9.94. The lowest BCUT2D eigenvalue weighted by molar-refractivity contribution is -0.131. The van der Waals surface area contributed by atoms with Crippen molar-refractivity contribution in [1.82, 2.24) is 9.80 Å². The number of ether oxygens (including phenoxy) is 1. The highest BCUT2D eigenvalue weighted by molar-refractivity contribution is 6.74. The Balaban J connectivity index is 1.80. The number of carbonyl (C=O) groups excluding carboxylic acids is 2. The molecule has 178 valence electrons. The van der Waals surface area contributed by atoms with Gasteiger partial charge in [0.05, 0.1) is 18.6 Å². The van der Waals surface area contributed by atoms with E-state index in [4.69, 9.17) is 9.16 Å². The van der Waals surface area contributed by atoms with Gasteiger partial charge in [0, 0.05) is 25.6 Å². The van der Waals surface area contributed by atoms with Crippen molar-refractivity contribution in [1.29, 1.82) is 0 Å². The van der Waals surface area contributed by atoms with Gasteiger partial charge >= 0.3 is 6.09 Å². The number of amides is 2. The number of carbonyl (C=O) groups is 2. The number of benzene rings is 1. The van der Waals surface area contributed by atoms with Crippen molar-refractivity contribution in [3.05, 3.63) is 35.9 Å². The van der Waals surface area contributed by atoms with Crippen LogP contribution in [-0.2, 0) is 20.5 Å². The molecule has 0 aromatic heterocycles. The minimum atomic E-state index is -2.03. The maximum atomic E-state index is 13.4. The fraction of sp³-hybridized carbons (Fsp3) is 0.680. The van der Waals surface area contributed by atoms with E-state index >= 15 is 0 Å². The molecule has 1 aromatic carbocycles. The number of hydrogen-bond acceptors (Lipinski definition) is 5. The van der Waals surface area contributed by atoms with E-state index in [1.165, 1.54) is 10.5 Å². The van der Waals surface area contributed by atoms with Crippen LogP contribution in [0.2, 0.25) is 18.1 Å². The van der Waals surface area contributed by atoms with Gasteiger partial charge in [-0.05, 0) is 44.5 Å². The zero-order valence-corrected chi connectivity index (χ0v) is 22.0. The van der Waals surface area contributed by atoms with Gasteiger partial charge in [0.15, 0.2) is 8.32 Å². The summed E-state index contributed by atoms with van der Waals surface area (Å²) in [6.45, 7) is 19.1. The second-order valence-electron chi connectivity index (χ2n) is 11.8. The van der Waals surface area contributed by atoms with Crippen molar-refractivity contribution in [3.8, 4) is 0 Å². The van der Waals surface area contributed by atoms with Crippen molar-refractivity contribution in [2.75, 3.05) is 19.7 Å². The van der Waals surface area contributed by atoms with Crippen LogP contribution < -0.4 is 0 Å². The van der Waals surface area contributed by atoms with E-state index in [0.717, 1.165) is 13.1 Å². The zero-order valence-electron chi connectivity index (χ0n) is 21.0. The minimum Gasteiger partial charge on any atom is -0.443 e.